The molecule has 0 spiro atoms. The summed E-state index contributed by atoms with van der Waals surface area (Å²) in [5.41, 5.74) is 5.19. The predicted octanol–water partition coefficient (Wildman–Crippen LogP) is 4.11. The minimum atomic E-state index is -1.17. The molecule has 0 amide bonds. The zero-order valence-corrected chi connectivity index (χ0v) is 18.4. The van der Waals surface area contributed by atoms with Gasteiger partial charge in [0.2, 0.25) is 0 Å². The zero-order chi connectivity index (χ0) is 22.8. The first-order chi connectivity index (χ1) is 15.4. The van der Waals surface area contributed by atoms with Crippen LogP contribution in [0, 0.1) is 18.3 Å². The van der Waals surface area contributed by atoms with Crippen molar-refractivity contribution in [1.82, 2.24) is 20.3 Å². The molecule has 3 N–H and O–H groups in total. The van der Waals surface area contributed by atoms with E-state index >= 15 is 0 Å². The van der Waals surface area contributed by atoms with E-state index in [1.54, 1.807) is 6.07 Å². The van der Waals surface area contributed by atoms with Crippen molar-refractivity contribution in [2.45, 2.75) is 26.3 Å². The predicted molar refractivity (Wildman–Crippen MR) is 123 cm³/mol. The highest BCUT2D eigenvalue weighted by Gasteiger charge is 2.21. The molecule has 1 aliphatic heterocycles. The first kappa shape index (κ1) is 21.7. The summed E-state index contributed by atoms with van der Waals surface area (Å²) in [5, 5.41) is 25.8. The highest BCUT2D eigenvalue weighted by molar-refractivity contribution is 6.29. The average Bonchev–Trinajstić information content (AvgIpc) is 2.79. The standard InChI is InChI=1S/C23H21ClN6O2/c1-12-9-15(13(2)27-16-3-4-19(24)29-22(16)23(31)32)21-17(10-12)28-18(11-25)20(30-21)14-5-7-26-8-6-14/h3-5,9-10,13,26-27H,6-8H2,1-2H3,(H,31,32)/t13-/m1/s1. The van der Waals surface area contributed by atoms with E-state index in [0.717, 1.165) is 36.2 Å². The van der Waals surface area contributed by atoms with Crippen molar-refractivity contribution < 1.29 is 9.90 Å². The first-order valence-corrected chi connectivity index (χ1v) is 10.5. The lowest BCUT2D eigenvalue weighted by atomic mass is 10.00. The number of nitrogens with one attached hydrogen (secondary N) is 2. The molecule has 2 aromatic heterocycles. The Kier molecular flexibility index (Phi) is 6.04. The van der Waals surface area contributed by atoms with E-state index in [2.05, 4.69) is 26.7 Å². The number of halogens is 1. The van der Waals surface area contributed by atoms with E-state index in [-0.39, 0.29) is 16.9 Å². The molecule has 3 heterocycles. The van der Waals surface area contributed by atoms with Crippen LogP contribution in [-0.2, 0) is 0 Å². The Morgan fingerprint density at radius 2 is 2.12 bits per heavy atom. The second-order valence-electron chi connectivity index (χ2n) is 7.64. The van der Waals surface area contributed by atoms with Crippen LogP contribution in [0.25, 0.3) is 16.6 Å². The number of carbonyl (C=O) groups is 1. The van der Waals surface area contributed by atoms with Crippen molar-refractivity contribution in [3.63, 3.8) is 0 Å². The van der Waals surface area contributed by atoms with Crippen LogP contribution in [-0.4, -0.2) is 39.1 Å². The van der Waals surface area contributed by atoms with Crippen LogP contribution in [0.1, 0.15) is 52.4 Å². The van der Waals surface area contributed by atoms with Crippen molar-refractivity contribution in [2.75, 3.05) is 18.4 Å². The third-order valence-corrected chi connectivity index (χ3v) is 5.53. The largest absolute Gasteiger partial charge is 0.476 e. The lowest BCUT2D eigenvalue weighted by molar-refractivity contribution is 0.0691. The summed E-state index contributed by atoms with van der Waals surface area (Å²) in [7, 11) is 0. The number of rotatable bonds is 5. The minimum Gasteiger partial charge on any atom is -0.476 e. The van der Waals surface area contributed by atoms with Gasteiger partial charge in [-0.15, -0.1) is 0 Å². The van der Waals surface area contributed by atoms with Crippen LogP contribution >= 0.6 is 11.6 Å². The lowest BCUT2D eigenvalue weighted by Gasteiger charge is -2.20. The number of hydrogen-bond acceptors (Lipinski definition) is 7. The number of aryl methyl sites for hydroxylation is 1. The summed E-state index contributed by atoms with van der Waals surface area (Å²) in [6.07, 6.45) is 2.80. The topological polar surface area (TPSA) is 124 Å². The van der Waals surface area contributed by atoms with Crippen molar-refractivity contribution in [1.29, 1.82) is 5.26 Å². The van der Waals surface area contributed by atoms with Crippen LogP contribution in [0.15, 0.2) is 30.3 Å². The summed E-state index contributed by atoms with van der Waals surface area (Å²) in [5.74, 6) is -1.17. The summed E-state index contributed by atoms with van der Waals surface area (Å²) in [4.78, 5) is 25.0. The van der Waals surface area contributed by atoms with Gasteiger partial charge in [-0.1, -0.05) is 23.7 Å². The van der Waals surface area contributed by atoms with Crippen LogP contribution in [0.3, 0.4) is 0 Å². The number of benzene rings is 1. The molecule has 0 radical (unpaired) electrons. The molecular formula is C23H21ClN6O2. The molecule has 8 nitrogen and oxygen atoms in total. The van der Waals surface area contributed by atoms with E-state index in [1.807, 2.05) is 32.1 Å². The Bertz CT molecular complexity index is 1300. The number of carboxylic acids is 1. The van der Waals surface area contributed by atoms with Gasteiger partial charge in [0.25, 0.3) is 0 Å². The normalized spacial score (nSPS) is 14.5. The summed E-state index contributed by atoms with van der Waals surface area (Å²) >= 11 is 5.88. The zero-order valence-electron chi connectivity index (χ0n) is 17.6. The number of carboxylic acid groups (broad SMARTS) is 1. The van der Waals surface area contributed by atoms with Gasteiger partial charge in [-0.3, -0.25) is 0 Å². The van der Waals surface area contributed by atoms with Gasteiger partial charge in [0, 0.05) is 12.1 Å². The fraction of sp³-hybridized carbons (Fsp3) is 0.261. The van der Waals surface area contributed by atoms with E-state index in [4.69, 9.17) is 16.6 Å². The molecule has 0 fully saturated rings. The molecule has 1 aromatic carbocycles. The third-order valence-electron chi connectivity index (χ3n) is 5.32. The van der Waals surface area contributed by atoms with E-state index in [0.29, 0.717) is 28.1 Å². The van der Waals surface area contributed by atoms with Crippen LogP contribution < -0.4 is 10.6 Å². The quantitative estimate of drug-likeness (QED) is 0.498. The van der Waals surface area contributed by atoms with Gasteiger partial charge in [0.1, 0.15) is 16.9 Å². The molecule has 1 aliphatic rings. The van der Waals surface area contributed by atoms with Gasteiger partial charge >= 0.3 is 5.97 Å². The number of fused-ring (bicyclic) bond motifs is 1. The fourth-order valence-corrected chi connectivity index (χ4v) is 3.98. The number of nitrogens with zero attached hydrogens (tertiary/aromatic N) is 4. The van der Waals surface area contributed by atoms with Crippen LogP contribution in [0.2, 0.25) is 5.15 Å². The van der Waals surface area contributed by atoms with E-state index in [1.165, 1.54) is 6.07 Å². The Morgan fingerprint density at radius 1 is 1.31 bits per heavy atom. The molecule has 0 aliphatic carbocycles. The van der Waals surface area contributed by atoms with Crippen LogP contribution in [0.5, 0.6) is 0 Å². The number of anilines is 1. The second kappa shape index (κ2) is 8.91. The average molecular weight is 449 g/mol. The highest BCUT2D eigenvalue weighted by Crippen LogP contribution is 2.30. The van der Waals surface area contributed by atoms with Crippen LogP contribution in [0.4, 0.5) is 5.69 Å². The van der Waals surface area contributed by atoms with Crippen molar-refractivity contribution in [3.05, 3.63) is 63.7 Å². The molecule has 0 bridgehead atoms. The maximum Gasteiger partial charge on any atom is 0.356 e. The summed E-state index contributed by atoms with van der Waals surface area (Å²) in [6.45, 7) is 5.40. The van der Waals surface area contributed by atoms with Gasteiger partial charge in [-0.25, -0.2) is 19.7 Å². The van der Waals surface area contributed by atoms with Gasteiger partial charge in [-0.2, -0.15) is 5.26 Å². The lowest BCUT2D eigenvalue weighted by Crippen LogP contribution is -2.21. The number of nitriles is 1. The maximum absolute atomic E-state index is 11.6. The summed E-state index contributed by atoms with van der Waals surface area (Å²) < 4.78 is 0. The molecule has 0 saturated carbocycles. The van der Waals surface area contributed by atoms with Crippen molar-refractivity contribution in [3.8, 4) is 6.07 Å². The van der Waals surface area contributed by atoms with Gasteiger partial charge < -0.3 is 15.7 Å². The van der Waals surface area contributed by atoms with Crippen molar-refractivity contribution in [2.24, 2.45) is 0 Å². The number of hydrogen-bond donors (Lipinski definition) is 3. The highest BCUT2D eigenvalue weighted by atomic mass is 35.5. The monoisotopic (exact) mass is 448 g/mol. The minimum absolute atomic E-state index is 0.108. The molecule has 0 saturated heterocycles. The van der Waals surface area contributed by atoms with E-state index in [9.17, 15) is 15.2 Å². The Hall–Kier alpha value is -3.54. The third kappa shape index (κ3) is 4.26. The number of aromatic carboxylic acids is 1. The fourth-order valence-electron chi connectivity index (χ4n) is 3.83. The Morgan fingerprint density at radius 3 is 2.81 bits per heavy atom. The van der Waals surface area contributed by atoms with Gasteiger partial charge in [0.15, 0.2) is 11.4 Å². The maximum atomic E-state index is 11.6. The molecular weight excluding hydrogens is 428 g/mol. The molecule has 162 valence electrons. The van der Waals surface area contributed by atoms with Crippen molar-refractivity contribution >= 4 is 39.9 Å². The van der Waals surface area contributed by atoms with E-state index < -0.39 is 5.97 Å². The molecule has 0 unspecified atom stereocenters. The number of pyridine rings is 1. The molecule has 4 rings (SSSR count). The first-order valence-electron chi connectivity index (χ1n) is 10.2. The Balaban J connectivity index is 1.82. The van der Waals surface area contributed by atoms with Gasteiger partial charge in [-0.05, 0) is 56.1 Å². The Labute approximate surface area is 190 Å². The molecule has 3 aromatic rings. The molecule has 32 heavy (non-hydrogen) atoms. The molecule has 9 heteroatoms. The van der Waals surface area contributed by atoms with Gasteiger partial charge in [0.05, 0.1) is 22.8 Å². The molecule has 1 atom stereocenters. The summed E-state index contributed by atoms with van der Waals surface area (Å²) in [6, 6.07) is 8.89. The smallest absolute Gasteiger partial charge is 0.356 e. The SMILES string of the molecule is Cc1cc([C@@H](C)Nc2ccc(Cl)nc2C(=O)O)c2nc(C3=CCNCC3)c(C#N)nc2c1. The second-order valence-corrected chi connectivity index (χ2v) is 8.03. The number of aromatic nitrogens is 3.